The van der Waals surface area contributed by atoms with Crippen LogP contribution in [-0.2, 0) is 6.54 Å². The van der Waals surface area contributed by atoms with E-state index in [2.05, 4.69) is 73.3 Å². The lowest BCUT2D eigenvalue weighted by Crippen LogP contribution is -2.26. The standard InChI is InChI=1S/C20H23N/c1-15-8-6-7-11-17(15)19-18-13-21(14-20(18,19)2)12-16-9-4-3-5-10-16/h3-11,18-19H,12-14H2,1-2H3. The van der Waals surface area contributed by atoms with Gasteiger partial charge in [-0.1, -0.05) is 61.5 Å². The van der Waals surface area contributed by atoms with Crippen molar-refractivity contribution in [3.8, 4) is 0 Å². The lowest BCUT2D eigenvalue weighted by atomic mass is 9.97. The van der Waals surface area contributed by atoms with Crippen LogP contribution in [0.5, 0.6) is 0 Å². The Morgan fingerprint density at radius 3 is 2.43 bits per heavy atom. The predicted molar refractivity (Wildman–Crippen MR) is 87.2 cm³/mol. The van der Waals surface area contributed by atoms with E-state index in [9.17, 15) is 0 Å². The van der Waals surface area contributed by atoms with Crippen LogP contribution < -0.4 is 0 Å². The molecule has 1 heteroatoms. The van der Waals surface area contributed by atoms with Gasteiger partial charge in [0.2, 0.25) is 0 Å². The van der Waals surface area contributed by atoms with Gasteiger partial charge in [0.15, 0.2) is 0 Å². The molecule has 0 amide bonds. The summed E-state index contributed by atoms with van der Waals surface area (Å²) >= 11 is 0. The average Bonchev–Trinajstić information content (AvgIpc) is 2.88. The third-order valence-corrected chi connectivity index (χ3v) is 5.64. The summed E-state index contributed by atoms with van der Waals surface area (Å²) in [4.78, 5) is 2.63. The summed E-state index contributed by atoms with van der Waals surface area (Å²) in [7, 11) is 0. The zero-order valence-electron chi connectivity index (χ0n) is 12.9. The number of benzene rings is 2. The third kappa shape index (κ3) is 2.11. The first-order valence-corrected chi connectivity index (χ1v) is 8.00. The van der Waals surface area contributed by atoms with E-state index in [0.717, 1.165) is 18.4 Å². The van der Waals surface area contributed by atoms with Gasteiger partial charge in [0.1, 0.15) is 0 Å². The fourth-order valence-electron chi connectivity index (χ4n) is 4.48. The van der Waals surface area contributed by atoms with Crippen molar-refractivity contribution < 1.29 is 0 Å². The molecule has 2 fully saturated rings. The van der Waals surface area contributed by atoms with Gasteiger partial charge in [-0.15, -0.1) is 0 Å². The van der Waals surface area contributed by atoms with Crippen LogP contribution >= 0.6 is 0 Å². The highest BCUT2D eigenvalue weighted by Gasteiger charge is 2.65. The van der Waals surface area contributed by atoms with Crippen LogP contribution in [0.2, 0.25) is 0 Å². The Bertz CT molecular complexity index is 648. The highest BCUT2D eigenvalue weighted by Crippen LogP contribution is 2.68. The molecule has 1 saturated heterocycles. The van der Waals surface area contributed by atoms with E-state index in [1.165, 1.54) is 24.2 Å². The molecule has 1 aliphatic carbocycles. The van der Waals surface area contributed by atoms with Crippen LogP contribution in [-0.4, -0.2) is 18.0 Å². The molecular weight excluding hydrogens is 254 g/mol. The Morgan fingerprint density at radius 2 is 1.76 bits per heavy atom. The van der Waals surface area contributed by atoms with E-state index in [4.69, 9.17) is 0 Å². The van der Waals surface area contributed by atoms with Gasteiger partial charge in [-0.2, -0.15) is 0 Å². The summed E-state index contributed by atoms with van der Waals surface area (Å²) in [5.41, 5.74) is 4.99. The van der Waals surface area contributed by atoms with Crippen molar-refractivity contribution in [2.45, 2.75) is 26.3 Å². The van der Waals surface area contributed by atoms with Gasteiger partial charge in [0.25, 0.3) is 0 Å². The maximum absolute atomic E-state index is 2.63. The zero-order valence-corrected chi connectivity index (χ0v) is 12.9. The molecule has 0 spiro atoms. The van der Waals surface area contributed by atoms with Crippen molar-refractivity contribution in [3.05, 3.63) is 71.3 Å². The summed E-state index contributed by atoms with van der Waals surface area (Å²) in [5, 5.41) is 0. The molecule has 3 unspecified atom stereocenters. The first-order valence-electron chi connectivity index (χ1n) is 8.00. The number of hydrogen-bond donors (Lipinski definition) is 0. The molecule has 2 aliphatic rings. The number of rotatable bonds is 3. The number of aryl methyl sites for hydroxylation is 1. The van der Waals surface area contributed by atoms with Crippen LogP contribution in [0.1, 0.15) is 29.5 Å². The molecular formula is C20H23N. The van der Waals surface area contributed by atoms with Crippen LogP contribution in [0, 0.1) is 18.3 Å². The van der Waals surface area contributed by atoms with E-state index >= 15 is 0 Å². The van der Waals surface area contributed by atoms with Gasteiger partial charge in [0, 0.05) is 19.6 Å². The molecule has 108 valence electrons. The van der Waals surface area contributed by atoms with E-state index in [0.29, 0.717) is 5.41 Å². The lowest BCUT2D eigenvalue weighted by Gasteiger charge is -2.22. The molecule has 1 heterocycles. The summed E-state index contributed by atoms with van der Waals surface area (Å²) in [6.45, 7) is 8.34. The van der Waals surface area contributed by atoms with E-state index in [1.54, 1.807) is 5.56 Å². The Balaban J connectivity index is 1.47. The van der Waals surface area contributed by atoms with Crippen molar-refractivity contribution >= 4 is 0 Å². The number of fused-ring (bicyclic) bond motifs is 1. The minimum Gasteiger partial charge on any atom is -0.298 e. The largest absolute Gasteiger partial charge is 0.298 e. The minimum atomic E-state index is 0.501. The van der Waals surface area contributed by atoms with Gasteiger partial charge in [-0.25, -0.2) is 0 Å². The van der Waals surface area contributed by atoms with Crippen molar-refractivity contribution in [2.24, 2.45) is 11.3 Å². The van der Waals surface area contributed by atoms with Crippen LogP contribution in [0.4, 0.5) is 0 Å². The van der Waals surface area contributed by atoms with Crippen molar-refractivity contribution in [1.82, 2.24) is 4.90 Å². The second-order valence-corrected chi connectivity index (χ2v) is 7.10. The van der Waals surface area contributed by atoms with Crippen LogP contribution in [0.3, 0.4) is 0 Å². The maximum atomic E-state index is 2.63. The SMILES string of the molecule is Cc1ccccc1C1C2CN(Cc3ccccc3)CC21C. The molecule has 0 N–H and O–H groups in total. The molecule has 3 atom stereocenters. The number of piperidine rings is 1. The second-order valence-electron chi connectivity index (χ2n) is 7.10. The first-order chi connectivity index (χ1) is 10.2. The third-order valence-electron chi connectivity index (χ3n) is 5.64. The lowest BCUT2D eigenvalue weighted by molar-refractivity contribution is 0.269. The predicted octanol–water partition coefficient (Wildman–Crippen LogP) is 4.23. The van der Waals surface area contributed by atoms with Gasteiger partial charge in [-0.05, 0) is 40.9 Å². The Hall–Kier alpha value is -1.60. The van der Waals surface area contributed by atoms with E-state index in [1.807, 2.05) is 0 Å². The summed E-state index contributed by atoms with van der Waals surface area (Å²) in [6.07, 6.45) is 0. The molecule has 2 aromatic rings. The molecule has 21 heavy (non-hydrogen) atoms. The van der Waals surface area contributed by atoms with Gasteiger partial charge in [-0.3, -0.25) is 4.90 Å². The minimum absolute atomic E-state index is 0.501. The molecule has 1 saturated carbocycles. The normalized spacial score (nSPS) is 31.1. The highest BCUT2D eigenvalue weighted by molar-refractivity contribution is 5.40. The summed E-state index contributed by atoms with van der Waals surface area (Å²) in [6, 6.07) is 19.8. The Kier molecular flexibility index (Phi) is 2.93. The van der Waals surface area contributed by atoms with Gasteiger partial charge >= 0.3 is 0 Å². The molecule has 1 aliphatic heterocycles. The smallest absolute Gasteiger partial charge is 0.0234 e. The molecule has 4 rings (SSSR count). The molecule has 0 bridgehead atoms. The number of likely N-dealkylation sites (tertiary alicyclic amines) is 1. The topological polar surface area (TPSA) is 3.24 Å². The molecule has 0 aromatic heterocycles. The Morgan fingerprint density at radius 1 is 1.05 bits per heavy atom. The maximum Gasteiger partial charge on any atom is 0.0234 e. The van der Waals surface area contributed by atoms with Crippen molar-refractivity contribution in [1.29, 1.82) is 0 Å². The average molecular weight is 277 g/mol. The van der Waals surface area contributed by atoms with E-state index < -0.39 is 0 Å². The number of hydrogen-bond acceptors (Lipinski definition) is 1. The Labute approximate surface area is 127 Å². The quantitative estimate of drug-likeness (QED) is 0.811. The van der Waals surface area contributed by atoms with Gasteiger partial charge in [0.05, 0.1) is 0 Å². The zero-order chi connectivity index (χ0) is 14.4. The highest BCUT2D eigenvalue weighted by atomic mass is 15.2. The van der Waals surface area contributed by atoms with Crippen molar-refractivity contribution in [3.63, 3.8) is 0 Å². The van der Waals surface area contributed by atoms with Crippen molar-refractivity contribution in [2.75, 3.05) is 13.1 Å². The fourth-order valence-corrected chi connectivity index (χ4v) is 4.48. The monoisotopic (exact) mass is 277 g/mol. The van der Waals surface area contributed by atoms with E-state index in [-0.39, 0.29) is 0 Å². The number of nitrogens with zero attached hydrogens (tertiary/aromatic N) is 1. The summed E-state index contributed by atoms with van der Waals surface area (Å²) in [5.74, 6) is 1.63. The molecule has 1 nitrogen and oxygen atoms in total. The molecule has 0 radical (unpaired) electrons. The summed E-state index contributed by atoms with van der Waals surface area (Å²) < 4.78 is 0. The van der Waals surface area contributed by atoms with Crippen LogP contribution in [0.25, 0.3) is 0 Å². The first kappa shape index (κ1) is 13.1. The molecule has 2 aromatic carbocycles. The van der Waals surface area contributed by atoms with Crippen LogP contribution in [0.15, 0.2) is 54.6 Å². The second kappa shape index (κ2) is 4.71. The van der Waals surface area contributed by atoms with Gasteiger partial charge < -0.3 is 0 Å². The fraction of sp³-hybridized carbons (Fsp3) is 0.400.